The molecule has 0 saturated carbocycles. The molecular formula is C21H16ClN3O3S. The minimum atomic E-state index is -0.444. The fourth-order valence-corrected chi connectivity index (χ4v) is 3.52. The molecule has 0 aromatic heterocycles. The van der Waals surface area contributed by atoms with Crippen molar-refractivity contribution in [2.75, 3.05) is 0 Å². The third-order valence-corrected chi connectivity index (χ3v) is 5.21. The number of nitro benzene ring substituents is 1. The van der Waals surface area contributed by atoms with Gasteiger partial charge < -0.3 is 0 Å². The van der Waals surface area contributed by atoms with Crippen LogP contribution < -0.4 is 5.43 Å². The summed E-state index contributed by atoms with van der Waals surface area (Å²) in [5, 5.41) is 16.0. The second kappa shape index (κ2) is 9.36. The van der Waals surface area contributed by atoms with E-state index in [0.717, 1.165) is 10.5 Å². The van der Waals surface area contributed by atoms with Gasteiger partial charge in [-0.15, -0.1) is 0 Å². The number of nitrogens with one attached hydrogen (secondary N) is 1. The molecule has 3 rings (SSSR count). The van der Waals surface area contributed by atoms with Crippen molar-refractivity contribution in [1.82, 2.24) is 5.43 Å². The molecule has 1 amide bonds. The summed E-state index contributed by atoms with van der Waals surface area (Å²) in [6.45, 7) is 1.89. The molecule has 8 heteroatoms. The number of halogens is 1. The molecule has 0 radical (unpaired) electrons. The van der Waals surface area contributed by atoms with Gasteiger partial charge in [0, 0.05) is 27.1 Å². The third-order valence-electron chi connectivity index (χ3n) is 3.88. The van der Waals surface area contributed by atoms with Crippen molar-refractivity contribution in [3.63, 3.8) is 0 Å². The molecule has 146 valence electrons. The number of hydrogen-bond acceptors (Lipinski definition) is 5. The molecule has 29 heavy (non-hydrogen) atoms. The average Bonchev–Trinajstić information content (AvgIpc) is 2.70. The van der Waals surface area contributed by atoms with Crippen LogP contribution in [0.3, 0.4) is 0 Å². The largest absolute Gasteiger partial charge is 0.283 e. The first-order valence-corrected chi connectivity index (χ1v) is 9.74. The Kier molecular flexibility index (Phi) is 6.64. The summed E-state index contributed by atoms with van der Waals surface area (Å²) in [5.41, 5.74) is 4.34. The Morgan fingerprint density at radius 3 is 2.59 bits per heavy atom. The highest BCUT2D eigenvalue weighted by Crippen LogP contribution is 2.35. The lowest BCUT2D eigenvalue weighted by molar-refractivity contribution is -0.387. The van der Waals surface area contributed by atoms with E-state index in [-0.39, 0.29) is 11.6 Å². The van der Waals surface area contributed by atoms with Crippen LogP contribution in [0.1, 0.15) is 21.5 Å². The van der Waals surface area contributed by atoms with E-state index in [1.165, 1.54) is 24.0 Å². The van der Waals surface area contributed by atoms with Gasteiger partial charge in [0.05, 0.1) is 16.0 Å². The number of carbonyl (C=O) groups excluding carboxylic acids is 1. The van der Waals surface area contributed by atoms with Gasteiger partial charge in [-0.25, -0.2) is 5.43 Å². The minimum Gasteiger partial charge on any atom is -0.267 e. The quantitative estimate of drug-likeness (QED) is 0.322. The molecule has 0 aliphatic carbocycles. The van der Waals surface area contributed by atoms with Crippen LogP contribution in [0.2, 0.25) is 5.02 Å². The number of nitro groups is 1. The van der Waals surface area contributed by atoms with Gasteiger partial charge in [0.2, 0.25) is 0 Å². The number of carbonyl (C=O) groups is 1. The van der Waals surface area contributed by atoms with Gasteiger partial charge in [0.1, 0.15) is 0 Å². The Labute approximate surface area is 176 Å². The standard InChI is InChI=1S/C21H16ClN3O3S/c1-14-3-2-4-16(11-14)21(26)24-23-13-15-5-10-20(19(12-15)25(27)28)29-18-8-6-17(22)7-9-18/h2-13H,1H3,(H,24,26). The highest BCUT2D eigenvalue weighted by atomic mass is 35.5. The van der Waals surface area contributed by atoms with Crippen molar-refractivity contribution in [3.8, 4) is 0 Å². The lowest BCUT2D eigenvalue weighted by Gasteiger charge is -2.04. The summed E-state index contributed by atoms with van der Waals surface area (Å²) in [7, 11) is 0. The van der Waals surface area contributed by atoms with Crippen molar-refractivity contribution in [2.24, 2.45) is 5.10 Å². The maximum Gasteiger partial charge on any atom is 0.283 e. The molecule has 0 aliphatic rings. The maximum atomic E-state index is 12.1. The lowest BCUT2D eigenvalue weighted by atomic mass is 10.1. The van der Waals surface area contributed by atoms with Crippen LogP contribution in [-0.2, 0) is 0 Å². The summed E-state index contributed by atoms with van der Waals surface area (Å²) in [6.07, 6.45) is 1.37. The predicted molar refractivity (Wildman–Crippen MR) is 115 cm³/mol. The SMILES string of the molecule is Cc1cccc(C(=O)NN=Cc2ccc(Sc3ccc(Cl)cc3)c([N+](=O)[O-])c2)c1. The number of hydrazone groups is 1. The van der Waals surface area contributed by atoms with Gasteiger partial charge in [0.25, 0.3) is 11.6 Å². The number of aryl methyl sites for hydroxylation is 1. The zero-order valence-corrected chi connectivity index (χ0v) is 16.9. The Morgan fingerprint density at radius 1 is 1.14 bits per heavy atom. The molecule has 0 heterocycles. The maximum absolute atomic E-state index is 12.1. The minimum absolute atomic E-state index is 0.0427. The molecule has 6 nitrogen and oxygen atoms in total. The van der Waals surface area contributed by atoms with E-state index in [1.807, 2.05) is 13.0 Å². The first kappa shape index (κ1) is 20.6. The monoisotopic (exact) mass is 425 g/mol. The van der Waals surface area contributed by atoms with E-state index >= 15 is 0 Å². The van der Waals surface area contributed by atoms with Crippen molar-refractivity contribution >= 4 is 41.2 Å². The number of benzene rings is 3. The van der Waals surface area contributed by atoms with E-state index in [0.29, 0.717) is 21.0 Å². The van der Waals surface area contributed by atoms with Gasteiger partial charge in [-0.2, -0.15) is 5.10 Å². The zero-order chi connectivity index (χ0) is 20.8. The summed E-state index contributed by atoms with van der Waals surface area (Å²) in [4.78, 5) is 24.5. The molecule has 3 aromatic rings. The summed E-state index contributed by atoms with van der Waals surface area (Å²) in [6, 6.07) is 18.9. The fourth-order valence-electron chi connectivity index (χ4n) is 2.49. The smallest absolute Gasteiger partial charge is 0.267 e. The van der Waals surface area contributed by atoms with Gasteiger partial charge >= 0.3 is 0 Å². The molecule has 0 saturated heterocycles. The molecule has 0 fully saturated rings. The highest BCUT2D eigenvalue weighted by Gasteiger charge is 2.15. The lowest BCUT2D eigenvalue weighted by Crippen LogP contribution is -2.17. The molecule has 0 spiro atoms. The molecule has 0 bridgehead atoms. The van der Waals surface area contributed by atoms with Crippen molar-refractivity contribution in [2.45, 2.75) is 16.7 Å². The molecule has 0 atom stereocenters. The van der Waals surface area contributed by atoms with Crippen LogP contribution in [0.5, 0.6) is 0 Å². The van der Waals surface area contributed by atoms with Gasteiger partial charge in [0.15, 0.2) is 0 Å². The van der Waals surface area contributed by atoms with Crippen molar-refractivity contribution in [1.29, 1.82) is 0 Å². The Balaban J connectivity index is 1.74. The number of hydrogen-bond donors (Lipinski definition) is 1. The second-order valence-corrected chi connectivity index (χ2v) is 7.66. The molecular weight excluding hydrogens is 410 g/mol. The number of rotatable bonds is 6. The van der Waals surface area contributed by atoms with E-state index in [1.54, 1.807) is 54.6 Å². The Bertz CT molecular complexity index is 1080. The van der Waals surface area contributed by atoms with Crippen LogP contribution in [0.25, 0.3) is 0 Å². The fraction of sp³-hybridized carbons (Fsp3) is 0.0476. The van der Waals surface area contributed by atoms with Crippen LogP contribution in [0.15, 0.2) is 81.6 Å². The molecule has 1 N–H and O–H groups in total. The van der Waals surface area contributed by atoms with E-state index < -0.39 is 4.92 Å². The van der Waals surface area contributed by atoms with E-state index in [4.69, 9.17) is 11.6 Å². The molecule has 0 unspecified atom stereocenters. The Hall–Kier alpha value is -3.16. The van der Waals surface area contributed by atoms with Crippen LogP contribution in [-0.4, -0.2) is 17.0 Å². The molecule has 3 aromatic carbocycles. The van der Waals surface area contributed by atoms with E-state index in [2.05, 4.69) is 10.5 Å². The van der Waals surface area contributed by atoms with Crippen molar-refractivity contribution in [3.05, 3.63) is 98.6 Å². The number of nitrogens with zero attached hydrogens (tertiary/aromatic N) is 2. The highest BCUT2D eigenvalue weighted by molar-refractivity contribution is 7.99. The van der Waals surface area contributed by atoms with Crippen LogP contribution in [0.4, 0.5) is 5.69 Å². The zero-order valence-electron chi connectivity index (χ0n) is 15.3. The molecule has 0 aliphatic heterocycles. The first-order valence-electron chi connectivity index (χ1n) is 8.54. The summed E-state index contributed by atoms with van der Waals surface area (Å²) >= 11 is 7.15. The second-order valence-electron chi connectivity index (χ2n) is 6.11. The van der Waals surface area contributed by atoms with Crippen LogP contribution >= 0.6 is 23.4 Å². The van der Waals surface area contributed by atoms with E-state index in [9.17, 15) is 14.9 Å². The van der Waals surface area contributed by atoms with Gasteiger partial charge in [-0.05, 0) is 49.4 Å². The first-order chi connectivity index (χ1) is 13.9. The van der Waals surface area contributed by atoms with Crippen LogP contribution in [0, 0.1) is 17.0 Å². The topological polar surface area (TPSA) is 84.6 Å². The summed E-state index contributed by atoms with van der Waals surface area (Å²) < 4.78 is 0. The third kappa shape index (κ3) is 5.66. The summed E-state index contributed by atoms with van der Waals surface area (Å²) in [5.74, 6) is -0.352. The Morgan fingerprint density at radius 2 is 1.90 bits per heavy atom. The number of amides is 1. The van der Waals surface area contributed by atoms with Crippen molar-refractivity contribution < 1.29 is 9.72 Å². The van der Waals surface area contributed by atoms with Gasteiger partial charge in [-0.3, -0.25) is 14.9 Å². The average molecular weight is 426 g/mol. The van der Waals surface area contributed by atoms with Gasteiger partial charge in [-0.1, -0.05) is 47.1 Å². The predicted octanol–water partition coefficient (Wildman–Crippen LogP) is 5.47. The normalized spacial score (nSPS) is 10.8.